The van der Waals surface area contributed by atoms with Gasteiger partial charge in [0.1, 0.15) is 5.92 Å². The molecular formula is C11H17NO5. The first kappa shape index (κ1) is 13.5. The molecule has 1 heterocycles. The van der Waals surface area contributed by atoms with Gasteiger partial charge in [0.25, 0.3) is 0 Å². The van der Waals surface area contributed by atoms with Crippen molar-refractivity contribution in [2.24, 2.45) is 5.92 Å². The third kappa shape index (κ3) is 2.75. The van der Waals surface area contributed by atoms with Crippen LogP contribution in [0.3, 0.4) is 0 Å². The lowest BCUT2D eigenvalue weighted by molar-refractivity contribution is -0.150. The maximum Gasteiger partial charge on any atom is 0.410 e. The highest BCUT2D eigenvalue weighted by Crippen LogP contribution is 2.23. The lowest BCUT2D eigenvalue weighted by Crippen LogP contribution is -2.38. The van der Waals surface area contributed by atoms with Crippen LogP contribution >= 0.6 is 0 Å². The van der Waals surface area contributed by atoms with Gasteiger partial charge in [-0.25, -0.2) is 4.79 Å². The molecule has 1 saturated heterocycles. The zero-order valence-electron chi connectivity index (χ0n) is 10.3. The number of esters is 1. The molecule has 0 radical (unpaired) electrons. The van der Waals surface area contributed by atoms with Crippen LogP contribution in [0.2, 0.25) is 0 Å². The van der Waals surface area contributed by atoms with Crippen molar-refractivity contribution < 1.29 is 23.9 Å². The third-order valence-corrected chi connectivity index (χ3v) is 2.69. The van der Waals surface area contributed by atoms with Gasteiger partial charge in [0.15, 0.2) is 5.78 Å². The molecule has 96 valence electrons. The number of Topliss-reactive ketones (excluding diaryl/α,β-unsaturated/α-hetero) is 1. The van der Waals surface area contributed by atoms with E-state index in [1.165, 1.54) is 4.90 Å². The first-order valence-corrected chi connectivity index (χ1v) is 5.65. The molecule has 2 unspecified atom stereocenters. The van der Waals surface area contributed by atoms with E-state index < -0.39 is 24.0 Å². The topological polar surface area (TPSA) is 72.9 Å². The van der Waals surface area contributed by atoms with E-state index in [1.54, 1.807) is 20.8 Å². The highest BCUT2D eigenvalue weighted by atomic mass is 16.6. The number of ether oxygens (including phenoxy) is 2. The number of rotatable bonds is 3. The van der Waals surface area contributed by atoms with E-state index >= 15 is 0 Å². The number of ketones is 1. The van der Waals surface area contributed by atoms with Gasteiger partial charge in [0.2, 0.25) is 0 Å². The third-order valence-electron chi connectivity index (χ3n) is 2.69. The molecule has 0 spiro atoms. The zero-order valence-corrected chi connectivity index (χ0v) is 10.3. The molecular weight excluding hydrogens is 226 g/mol. The molecule has 0 bridgehead atoms. The number of hydrogen-bond acceptors (Lipinski definition) is 5. The average molecular weight is 243 g/mol. The monoisotopic (exact) mass is 243 g/mol. The Morgan fingerprint density at radius 2 is 1.88 bits per heavy atom. The summed E-state index contributed by atoms with van der Waals surface area (Å²) >= 11 is 0. The van der Waals surface area contributed by atoms with Crippen LogP contribution in [-0.2, 0) is 19.1 Å². The standard InChI is InChI=1S/C11H17NO5/c1-4-16-10(14)9-7(3)12(6-8(9)13)11(15)17-5-2/h7,9H,4-6H2,1-3H3. The van der Waals surface area contributed by atoms with Crippen LogP contribution < -0.4 is 0 Å². The van der Waals surface area contributed by atoms with Crippen LogP contribution in [0.25, 0.3) is 0 Å². The normalized spacial score (nSPS) is 23.7. The Bertz CT molecular complexity index is 328. The summed E-state index contributed by atoms with van der Waals surface area (Å²) in [4.78, 5) is 36.0. The van der Waals surface area contributed by atoms with Crippen LogP contribution in [-0.4, -0.2) is 48.5 Å². The molecule has 0 aromatic carbocycles. The molecule has 6 nitrogen and oxygen atoms in total. The molecule has 1 rings (SSSR count). The molecule has 1 aliphatic heterocycles. The van der Waals surface area contributed by atoms with Gasteiger partial charge in [0.05, 0.1) is 25.8 Å². The van der Waals surface area contributed by atoms with Crippen molar-refractivity contribution >= 4 is 17.8 Å². The van der Waals surface area contributed by atoms with Gasteiger partial charge in [-0.3, -0.25) is 14.5 Å². The van der Waals surface area contributed by atoms with Crippen molar-refractivity contribution in [2.75, 3.05) is 19.8 Å². The molecule has 0 aromatic rings. The fourth-order valence-electron chi connectivity index (χ4n) is 1.86. The second kappa shape index (κ2) is 5.65. The van der Waals surface area contributed by atoms with Crippen LogP contribution in [0.4, 0.5) is 4.79 Å². The van der Waals surface area contributed by atoms with E-state index in [-0.39, 0.29) is 25.5 Å². The average Bonchev–Trinajstić information content (AvgIpc) is 2.55. The Morgan fingerprint density at radius 1 is 1.29 bits per heavy atom. The molecule has 0 aliphatic carbocycles. The quantitative estimate of drug-likeness (QED) is 0.536. The minimum atomic E-state index is -0.889. The highest BCUT2D eigenvalue weighted by Gasteiger charge is 2.46. The smallest absolute Gasteiger partial charge is 0.410 e. The van der Waals surface area contributed by atoms with E-state index in [2.05, 4.69) is 0 Å². The van der Waals surface area contributed by atoms with Gasteiger partial charge in [-0.2, -0.15) is 0 Å². The molecule has 2 atom stereocenters. The number of carbonyl (C=O) groups excluding carboxylic acids is 3. The Morgan fingerprint density at radius 3 is 2.41 bits per heavy atom. The maximum absolute atomic E-state index is 11.7. The summed E-state index contributed by atoms with van der Waals surface area (Å²) in [6.45, 7) is 5.36. The number of carbonyl (C=O) groups is 3. The fourth-order valence-corrected chi connectivity index (χ4v) is 1.86. The molecule has 0 saturated carbocycles. The summed E-state index contributed by atoms with van der Waals surface area (Å²) in [7, 11) is 0. The van der Waals surface area contributed by atoms with Crippen molar-refractivity contribution in [2.45, 2.75) is 26.8 Å². The van der Waals surface area contributed by atoms with Crippen molar-refractivity contribution in [1.29, 1.82) is 0 Å². The molecule has 6 heteroatoms. The number of amides is 1. The molecule has 1 amide bonds. The van der Waals surface area contributed by atoms with Crippen molar-refractivity contribution in [1.82, 2.24) is 4.90 Å². The first-order chi connectivity index (χ1) is 8.02. The Balaban J connectivity index is 2.74. The minimum absolute atomic E-state index is 0.0938. The summed E-state index contributed by atoms with van der Waals surface area (Å²) in [6.07, 6.45) is -0.569. The van der Waals surface area contributed by atoms with Gasteiger partial charge < -0.3 is 9.47 Å². The largest absolute Gasteiger partial charge is 0.465 e. The van der Waals surface area contributed by atoms with E-state index in [0.29, 0.717) is 0 Å². The summed E-state index contributed by atoms with van der Waals surface area (Å²) < 4.78 is 9.63. The van der Waals surface area contributed by atoms with Gasteiger partial charge in [-0.15, -0.1) is 0 Å². The van der Waals surface area contributed by atoms with Crippen LogP contribution in [0, 0.1) is 5.92 Å². The minimum Gasteiger partial charge on any atom is -0.465 e. The Labute approximate surface area is 99.9 Å². The zero-order chi connectivity index (χ0) is 13.0. The van der Waals surface area contributed by atoms with E-state index in [9.17, 15) is 14.4 Å². The first-order valence-electron chi connectivity index (χ1n) is 5.65. The molecule has 1 aliphatic rings. The molecule has 1 fully saturated rings. The van der Waals surface area contributed by atoms with Gasteiger partial charge >= 0.3 is 12.1 Å². The summed E-state index contributed by atoms with van der Waals surface area (Å²) in [5, 5.41) is 0. The van der Waals surface area contributed by atoms with E-state index in [1.807, 2.05) is 0 Å². The van der Waals surface area contributed by atoms with Gasteiger partial charge in [-0.1, -0.05) is 0 Å². The van der Waals surface area contributed by atoms with Crippen molar-refractivity contribution in [3.8, 4) is 0 Å². The maximum atomic E-state index is 11.7. The van der Waals surface area contributed by atoms with Gasteiger partial charge in [0, 0.05) is 0 Å². The Kier molecular flexibility index (Phi) is 4.48. The second-order valence-corrected chi connectivity index (χ2v) is 3.76. The number of nitrogens with zero attached hydrogens (tertiary/aromatic N) is 1. The SMILES string of the molecule is CCOC(=O)C1C(=O)CN(C(=O)OCC)C1C. The highest BCUT2D eigenvalue weighted by molar-refractivity contribution is 6.04. The summed E-state index contributed by atoms with van der Waals surface area (Å²) in [6, 6.07) is -0.513. The number of likely N-dealkylation sites (tertiary alicyclic amines) is 1. The van der Waals surface area contributed by atoms with Crippen LogP contribution in [0.15, 0.2) is 0 Å². The summed E-state index contributed by atoms with van der Waals surface area (Å²) in [5.41, 5.74) is 0. The van der Waals surface area contributed by atoms with Crippen LogP contribution in [0.1, 0.15) is 20.8 Å². The summed E-state index contributed by atoms with van der Waals surface area (Å²) in [5.74, 6) is -1.76. The van der Waals surface area contributed by atoms with E-state index in [4.69, 9.17) is 9.47 Å². The van der Waals surface area contributed by atoms with E-state index in [0.717, 1.165) is 0 Å². The second-order valence-electron chi connectivity index (χ2n) is 3.76. The predicted molar refractivity (Wildman–Crippen MR) is 58.3 cm³/mol. The fraction of sp³-hybridized carbons (Fsp3) is 0.727. The number of hydrogen-bond donors (Lipinski definition) is 0. The lowest BCUT2D eigenvalue weighted by atomic mass is 10.0. The lowest BCUT2D eigenvalue weighted by Gasteiger charge is -2.21. The van der Waals surface area contributed by atoms with Crippen LogP contribution in [0.5, 0.6) is 0 Å². The Hall–Kier alpha value is -1.59. The molecule has 17 heavy (non-hydrogen) atoms. The molecule has 0 N–H and O–H groups in total. The molecule has 0 aromatic heterocycles. The van der Waals surface area contributed by atoms with Gasteiger partial charge in [-0.05, 0) is 20.8 Å². The predicted octanol–water partition coefficient (Wildman–Crippen LogP) is 0.595. The van der Waals surface area contributed by atoms with Crippen molar-refractivity contribution in [3.05, 3.63) is 0 Å². The van der Waals surface area contributed by atoms with Crippen molar-refractivity contribution in [3.63, 3.8) is 0 Å².